The van der Waals surface area contributed by atoms with Gasteiger partial charge in [0.05, 0.1) is 5.39 Å². The summed E-state index contributed by atoms with van der Waals surface area (Å²) < 4.78 is 0. The van der Waals surface area contributed by atoms with Gasteiger partial charge in [0.15, 0.2) is 0 Å². The van der Waals surface area contributed by atoms with E-state index < -0.39 is 0 Å². The summed E-state index contributed by atoms with van der Waals surface area (Å²) in [5, 5.41) is 9.03. The van der Waals surface area contributed by atoms with Crippen molar-refractivity contribution in [2.24, 2.45) is 0 Å². The Hall–Kier alpha value is -2.15. The molecule has 0 radical (unpaired) electrons. The molecule has 13 heavy (non-hydrogen) atoms. The van der Waals surface area contributed by atoms with E-state index in [4.69, 9.17) is 5.26 Å². The quantitative estimate of drug-likeness (QED) is 0.637. The normalized spacial score (nSPS) is 9.77. The Kier molecular flexibility index (Phi) is 1.57. The number of pyridine rings is 2. The van der Waals surface area contributed by atoms with Gasteiger partial charge in [0.2, 0.25) is 5.43 Å². The zero-order valence-corrected chi connectivity index (χ0v) is 6.61. The lowest BCUT2D eigenvalue weighted by atomic mass is 10.2. The molecule has 62 valence electrons. The Balaban J connectivity index is 2.98. The van der Waals surface area contributed by atoms with Crippen LogP contribution in [0.2, 0.25) is 0 Å². The topological polar surface area (TPSA) is 69.5 Å². The van der Waals surface area contributed by atoms with Gasteiger partial charge in [-0.25, -0.2) is 4.98 Å². The maximum Gasteiger partial charge on any atom is 0.208 e. The molecule has 1 N–H and O–H groups in total. The number of hydrogen-bond acceptors (Lipinski definition) is 3. The van der Waals surface area contributed by atoms with E-state index in [1.807, 2.05) is 6.07 Å². The summed E-state index contributed by atoms with van der Waals surface area (Å²) >= 11 is 0. The molecule has 4 nitrogen and oxygen atoms in total. The molecule has 2 aromatic rings. The molecule has 0 saturated heterocycles. The van der Waals surface area contributed by atoms with Gasteiger partial charge in [-0.1, -0.05) is 0 Å². The maximum atomic E-state index is 11.5. The third-order valence-electron chi connectivity index (χ3n) is 1.77. The lowest BCUT2D eigenvalue weighted by molar-refractivity contribution is 1.26. The van der Waals surface area contributed by atoms with Crippen LogP contribution in [0.15, 0.2) is 29.3 Å². The van der Waals surface area contributed by atoms with E-state index >= 15 is 0 Å². The average molecular weight is 171 g/mol. The van der Waals surface area contributed by atoms with Gasteiger partial charge >= 0.3 is 0 Å². The highest BCUT2D eigenvalue weighted by atomic mass is 16.1. The Morgan fingerprint density at radius 2 is 2.38 bits per heavy atom. The van der Waals surface area contributed by atoms with Crippen molar-refractivity contribution in [2.45, 2.75) is 0 Å². The Morgan fingerprint density at radius 1 is 1.54 bits per heavy atom. The number of nitrogens with one attached hydrogen (secondary N) is 1. The molecule has 0 atom stereocenters. The SMILES string of the molecule is N#Cc1c[nH]c2ncccc2c1=O. The van der Waals surface area contributed by atoms with Crippen LogP contribution in [0.4, 0.5) is 0 Å². The summed E-state index contributed by atoms with van der Waals surface area (Å²) in [5.74, 6) is 0. The Labute approximate surface area is 73.5 Å². The number of fused-ring (bicyclic) bond motifs is 1. The molecule has 0 aliphatic rings. The predicted molar refractivity (Wildman–Crippen MR) is 47.1 cm³/mol. The van der Waals surface area contributed by atoms with Gasteiger partial charge in [-0.3, -0.25) is 4.79 Å². The first-order valence-electron chi connectivity index (χ1n) is 3.69. The average Bonchev–Trinajstić information content (AvgIpc) is 2.19. The van der Waals surface area contributed by atoms with Crippen molar-refractivity contribution in [3.05, 3.63) is 40.3 Å². The number of nitrogens with zero attached hydrogens (tertiary/aromatic N) is 2. The van der Waals surface area contributed by atoms with Crippen molar-refractivity contribution in [3.8, 4) is 6.07 Å². The van der Waals surface area contributed by atoms with E-state index in [1.54, 1.807) is 18.3 Å². The van der Waals surface area contributed by atoms with Crippen LogP contribution in [-0.4, -0.2) is 9.97 Å². The lowest BCUT2D eigenvalue weighted by Crippen LogP contribution is -2.07. The summed E-state index contributed by atoms with van der Waals surface area (Å²) in [6, 6.07) is 5.12. The minimum atomic E-state index is -0.274. The summed E-state index contributed by atoms with van der Waals surface area (Å²) in [6.45, 7) is 0. The fourth-order valence-corrected chi connectivity index (χ4v) is 1.14. The smallest absolute Gasteiger partial charge is 0.208 e. The van der Waals surface area contributed by atoms with Crippen molar-refractivity contribution in [3.63, 3.8) is 0 Å². The molecule has 0 bridgehead atoms. The first kappa shape index (κ1) is 7.50. The molecule has 2 heterocycles. The number of rotatable bonds is 0. The van der Waals surface area contributed by atoms with Gasteiger partial charge < -0.3 is 4.98 Å². The van der Waals surface area contributed by atoms with Crippen LogP contribution in [-0.2, 0) is 0 Å². The number of aromatic amines is 1. The van der Waals surface area contributed by atoms with E-state index in [-0.39, 0.29) is 11.0 Å². The highest BCUT2D eigenvalue weighted by molar-refractivity contribution is 5.75. The molecular formula is C9H5N3O. The fraction of sp³-hybridized carbons (Fsp3) is 0. The summed E-state index contributed by atoms with van der Waals surface area (Å²) in [5.41, 5.74) is 0.344. The van der Waals surface area contributed by atoms with Gasteiger partial charge in [-0.05, 0) is 12.1 Å². The number of aromatic nitrogens is 2. The van der Waals surface area contributed by atoms with Crippen LogP contribution in [0.3, 0.4) is 0 Å². The van der Waals surface area contributed by atoms with Crippen LogP contribution in [0.1, 0.15) is 5.56 Å². The molecular weight excluding hydrogens is 166 g/mol. The second-order valence-electron chi connectivity index (χ2n) is 2.54. The summed E-state index contributed by atoms with van der Waals surface area (Å²) in [4.78, 5) is 18.2. The molecule has 2 aromatic heterocycles. The van der Waals surface area contributed by atoms with Gasteiger partial charge in [-0.2, -0.15) is 5.26 Å². The van der Waals surface area contributed by atoms with Crippen LogP contribution < -0.4 is 5.43 Å². The molecule has 0 amide bonds. The zero-order chi connectivity index (χ0) is 9.26. The van der Waals surface area contributed by atoms with Gasteiger partial charge in [-0.15, -0.1) is 0 Å². The molecule has 0 aromatic carbocycles. The minimum absolute atomic E-state index is 0.112. The lowest BCUT2D eigenvalue weighted by Gasteiger charge is -1.94. The third kappa shape index (κ3) is 1.07. The van der Waals surface area contributed by atoms with Gasteiger partial charge in [0.1, 0.15) is 17.3 Å². The van der Waals surface area contributed by atoms with Crippen molar-refractivity contribution >= 4 is 11.0 Å². The van der Waals surface area contributed by atoms with Gasteiger partial charge in [0, 0.05) is 12.4 Å². The molecule has 4 heteroatoms. The highest BCUT2D eigenvalue weighted by Gasteiger charge is 2.02. The van der Waals surface area contributed by atoms with Crippen LogP contribution in [0, 0.1) is 11.3 Å². The molecule has 0 spiro atoms. The summed E-state index contributed by atoms with van der Waals surface area (Å²) in [7, 11) is 0. The molecule has 2 rings (SSSR count). The number of H-pyrrole nitrogens is 1. The second kappa shape index (κ2) is 2.72. The van der Waals surface area contributed by atoms with E-state index in [1.165, 1.54) is 6.20 Å². The van der Waals surface area contributed by atoms with E-state index in [0.29, 0.717) is 11.0 Å². The molecule has 0 saturated carbocycles. The van der Waals surface area contributed by atoms with Crippen LogP contribution in [0.5, 0.6) is 0 Å². The maximum absolute atomic E-state index is 11.5. The number of nitriles is 1. The van der Waals surface area contributed by atoms with E-state index in [2.05, 4.69) is 9.97 Å². The summed E-state index contributed by atoms with van der Waals surface area (Å²) in [6.07, 6.45) is 2.96. The van der Waals surface area contributed by atoms with Crippen molar-refractivity contribution < 1.29 is 0 Å². The van der Waals surface area contributed by atoms with E-state index in [0.717, 1.165) is 0 Å². The number of hydrogen-bond donors (Lipinski definition) is 1. The Bertz CT molecular complexity index is 551. The predicted octanol–water partition coefficient (Wildman–Crippen LogP) is 0.795. The fourth-order valence-electron chi connectivity index (χ4n) is 1.14. The first-order valence-corrected chi connectivity index (χ1v) is 3.69. The first-order chi connectivity index (χ1) is 6.33. The van der Waals surface area contributed by atoms with Crippen molar-refractivity contribution in [1.82, 2.24) is 9.97 Å². The monoisotopic (exact) mass is 171 g/mol. The van der Waals surface area contributed by atoms with Crippen molar-refractivity contribution in [1.29, 1.82) is 5.26 Å². The molecule has 0 aliphatic carbocycles. The highest BCUT2D eigenvalue weighted by Crippen LogP contribution is 2.02. The minimum Gasteiger partial charge on any atom is -0.345 e. The molecule has 0 unspecified atom stereocenters. The van der Waals surface area contributed by atoms with Gasteiger partial charge in [0.25, 0.3) is 0 Å². The van der Waals surface area contributed by atoms with Crippen LogP contribution >= 0.6 is 0 Å². The molecule has 0 fully saturated rings. The second-order valence-corrected chi connectivity index (χ2v) is 2.54. The Morgan fingerprint density at radius 3 is 3.15 bits per heavy atom. The van der Waals surface area contributed by atoms with Crippen molar-refractivity contribution in [2.75, 3.05) is 0 Å². The largest absolute Gasteiger partial charge is 0.345 e. The van der Waals surface area contributed by atoms with E-state index in [9.17, 15) is 4.79 Å². The third-order valence-corrected chi connectivity index (χ3v) is 1.77. The standard InChI is InChI=1S/C9H5N3O/c10-4-6-5-12-9-7(8(6)13)2-1-3-11-9/h1-3,5H,(H,11,12,13). The zero-order valence-electron chi connectivity index (χ0n) is 6.61. The molecule has 0 aliphatic heterocycles. The van der Waals surface area contributed by atoms with Crippen LogP contribution in [0.25, 0.3) is 11.0 Å².